The molecule has 0 spiro atoms. The van der Waals surface area contributed by atoms with Crippen LogP contribution in [0.15, 0.2) is 40.9 Å². The maximum atomic E-state index is 13.3. The Morgan fingerprint density at radius 2 is 1.93 bits per heavy atom. The molecule has 1 atom stereocenters. The standard InChI is InChI=1S/C30H33ClN4O5/c1-17-28(18(2)40-33-17)19-5-12-25-24(15-19)32-29(34(25)20-6-9-22(37-3)10-7-20)26-13-14-39-30(36)35(26)21-8-11-23(31)27(16-21)38-4/h5,8,11-12,15-16,20,22,26H,6-7,9-10,13-14H2,1-4H3/t20-,22-,26-/m0/s1/i3D3. The monoisotopic (exact) mass is 567 g/mol. The molecule has 2 aromatic carbocycles. The number of fused-ring (bicyclic) bond motifs is 1. The molecule has 4 aromatic rings. The molecular weight excluding hydrogens is 532 g/mol. The minimum atomic E-state index is -2.43. The number of carbonyl (C=O) groups is 1. The van der Waals surface area contributed by atoms with E-state index in [2.05, 4.69) is 15.8 Å². The van der Waals surface area contributed by atoms with E-state index in [0.717, 1.165) is 39.4 Å². The van der Waals surface area contributed by atoms with Gasteiger partial charge < -0.3 is 23.3 Å². The molecule has 1 aliphatic carbocycles. The van der Waals surface area contributed by atoms with E-state index >= 15 is 0 Å². The van der Waals surface area contributed by atoms with E-state index in [1.165, 1.54) is 7.11 Å². The van der Waals surface area contributed by atoms with Crippen molar-refractivity contribution in [3.63, 3.8) is 0 Å². The molecule has 1 saturated heterocycles. The molecule has 40 heavy (non-hydrogen) atoms. The lowest BCUT2D eigenvalue weighted by atomic mass is 9.92. The van der Waals surface area contributed by atoms with E-state index in [-0.39, 0.29) is 18.8 Å². The second-order valence-electron chi connectivity index (χ2n) is 10.4. The Bertz CT molecular complexity index is 1640. The Morgan fingerprint density at radius 1 is 1.10 bits per heavy atom. The molecule has 0 unspecified atom stereocenters. The van der Waals surface area contributed by atoms with Crippen LogP contribution in [0.25, 0.3) is 22.2 Å². The van der Waals surface area contributed by atoms with Crippen LogP contribution in [0.5, 0.6) is 5.75 Å². The summed E-state index contributed by atoms with van der Waals surface area (Å²) in [5.41, 5.74) is 4.95. The molecule has 0 radical (unpaired) electrons. The zero-order chi connectivity index (χ0) is 30.5. The number of benzene rings is 2. The van der Waals surface area contributed by atoms with Crippen LogP contribution in [-0.4, -0.2) is 47.7 Å². The van der Waals surface area contributed by atoms with Crippen LogP contribution in [0.1, 0.15) is 65.6 Å². The van der Waals surface area contributed by atoms with Crippen LogP contribution in [0.2, 0.25) is 5.02 Å². The molecule has 0 N–H and O–H groups in total. The molecule has 0 bridgehead atoms. The minimum Gasteiger partial charge on any atom is -0.495 e. The second kappa shape index (κ2) is 10.8. The van der Waals surface area contributed by atoms with Gasteiger partial charge in [-0.15, -0.1) is 0 Å². The number of hydrogen-bond acceptors (Lipinski definition) is 7. The van der Waals surface area contributed by atoms with Crippen molar-refractivity contribution in [1.82, 2.24) is 14.7 Å². The van der Waals surface area contributed by atoms with Crippen LogP contribution in [0.4, 0.5) is 10.5 Å². The molecule has 10 heteroatoms. The largest absolute Gasteiger partial charge is 0.495 e. The fourth-order valence-electron chi connectivity index (χ4n) is 6.12. The van der Waals surface area contributed by atoms with Gasteiger partial charge in [-0.25, -0.2) is 9.78 Å². The van der Waals surface area contributed by atoms with Gasteiger partial charge in [-0.3, -0.25) is 4.90 Å². The van der Waals surface area contributed by atoms with Gasteiger partial charge in [-0.05, 0) is 69.4 Å². The molecule has 2 fully saturated rings. The number of aromatic nitrogens is 3. The summed E-state index contributed by atoms with van der Waals surface area (Å²) in [5.74, 6) is 1.90. The third-order valence-corrected chi connectivity index (χ3v) is 8.36. The lowest BCUT2D eigenvalue weighted by molar-refractivity contribution is 0.0582. The summed E-state index contributed by atoms with van der Waals surface area (Å²) < 4.78 is 46.5. The summed E-state index contributed by atoms with van der Waals surface area (Å²) in [6.07, 6.45) is 2.32. The predicted molar refractivity (Wildman–Crippen MR) is 152 cm³/mol. The molecule has 1 amide bonds. The number of cyclic esters (lactones) is 1. The summed E-state index contributed by atoms with van der Waals surface area (Å²) >= 11 is 6.30. The van der Waals surface area contributed by atoms with Crippen LogP contribution in [0.3, 0.4) is 0 Å². The van der Waals surface area contributed by atoms with E-state index in [0.29, 0.717) is 48.6 Å². The van der Waals surface area contributed by atoms with Gasteiger partial charge in [0, 0.05) is 31.1 Å². The van der Waals surface area contributed by atoms with E-state index in [9.17, 15) is 4.79 Å². The Kier molecular flexibility index (Phi) is 6.25. The molecule has 2 aliphatic rings. The SMILES string of the molecule is [2H]C([2H])([2H])O[C@H]1CC[C@H](n2c([C@@H]3CCOC(=O)N3c3ccc(Cl)c(OC)c3)nc3cc(-c4c(C)noc4C)ccc32)CC1. The molecule has 1 saturated carbocycles. The number of ether oxygens (including phenoxy) is 3. The zero-order valence-corrected chi connectivity index (χ0v) is 23.4. The molecule has 9 nitrogen and oxygen atoms in total. The number of imidazole rings is 1. The van der Waals surface area contributed by atoms with Crippen molar-refractivity contribution in [1.29, 1.82) is 0 Å². The van der Waals surface area contributed by atoms with Crippen molar-refractivity contribution in [2.45, 2.75) is 64.1 Å². The highest BCUT2D eigenvalue weighted by Gasteiger charge is 2.38. The minimum absolute atomic E-state index is 0.0286. The molecule has 1 aliphatic heterocycles. The van der Waals surface area contributed by atoms with Crippen molar-refractivity contribution < 1.29 is 27.6 Å². The van der Waals surface area contributed by atoms with Gasteiger partial charge in [0.2, 0.25) is 0 Å². The van der Waals surface area contributed by atoms with E-state index < -0.39 is 19.2 Å². The Labute approximate surface area is 242 Å². The van der Waals surface area contributed by atoms with Crippen LogP contribution >= 0.6 is 11.6 Å². The van der Waals surface area contributed by atoms with Crippen molar-refractivity contribution in [3.8, 4) is 16.9 Å². The molecular formula is C30H33ClN4O5. The quantitative estimate of drug-likeness (QED) is 0.243. The molecule has 6 rings (SSSR count). The number of rotatable bonds is 6. The summed E-state index contributed by atoms with van der Waals surface area (Å²) in [7, 11) is -0.902. The smallest absolute Gasteiger partial charge is 0.414 e. The van der Waals surface area contributed by atoms with Crippen molar-refractivity contribution in [2.24, 2.45) is 0 Å². The fraction of sp³-hybridized carbons (Fsp3) is 0.433. The third kappa shape index (κ3) is 4.61. The highest BCUT2D eigenvalue weighted by Crippen LogP contribution is 2.42. The topological polar surface area (TPSA) is 91.9 Å². The number of carbonyl (C=O) groups excluding carboxylic acids is 1. The maximum absolute atomic E-state index is 13.3. The average Bonchev–Trinajstić information content (AvgIpc) is 3.51. The van der Waals surface area contributed by atoms with Gasteiger partial charge in [-0.1, -0.05) is 22.8 Å². The van der Waals surface area contributed by atoms with E-state index in [1.54, 1.807) is 23.1 Å². The first-order valence-electron chi connectivity index (χ1n) is 15.0. The lowest BCUT2D eigenvalue weighted by Crippen LogP contribution is -2.42. The van der Waals surface area contributed by atoms with Crippen molar-refractivity contribution >= 4 is 34.4 Å². The average molecular weight is 568 g/mol. The Hall–Kier alpha value is -3.56. The zero-order valence-electron chi connectivity index (χ0n) is 25.6. The number of methoxy groups -OCH3 is 2. The summed E-state index contributed by atoms with van der Waals surface area (Å²) in [6, 6.07) is 10.9. The van der Waals surface area contributed by atoms with Crippen molar-refractivity contribution in [3.05, 3.63) is 58.7 Å². The molecule has 2 aromatic heterocycles. The molecule has 3 heterocycles. The maximum Gasteiger partial charge on any atom is 0.414 e. The number of hydrogen-bond donors (Lipinski definition) is 0. The van der Waals surface area contributed by atoms with Crippen LogP contribution < -0.4 is 9.64 Å². The first-order chi connectivity index (χ1) is 20.5. The van der Waals surface area contributed by atoms with Gasteiger partial charge in [0.1, 0.15) is 23.4 Å². The van der Waals surface area contributed by atoms with Gasteiger partial charge in [0.05, 0.1) is 51.4 Å². The van der Waals surface area contributed by atoms with E-state index in [4.69, 9.17) is 39.4 Å². The number of halogens is 1. The number of nitrogens with zero attached hydrogens (tertiary/aromatic N) is 4. The van der Waals surface area contributed by atoms with Crippen LogP contribution in [-0.2, 0) is 9.47 Å². The van der Waals surface area contributed by atoms with Crippen molar-refractivity contribution in [2.75, 3.05) is 25.7 Å². The molecule has 210 valence electrons. The van der Waals surface area contributed by atoms with Gasteiger partial charge in [0.15, 0.2) is 0 Å². The van der Waals surface area contributed by atoms with E-state index in [1.807, 2.05) is 26.0 Å². The fourth-order valence-corrected chi connectivity index (χ4v) is 6.31. The van der Waals surface area contributed by atoms with Crippen LogP contribution in [0, 0.1) is 13.8 Å². The summed E-state index contributed by atoms with van der Waals surface area (Å²) in [4.78, 5) is 20.1. The highest BCUT2D eigenvalue weighted by molar-refractivity contribution is 6.32. The van der Waals surface area contributed by atoms with Gasteiger partial charge in [-0.2, -0.15) is 0 Å². The number of amides is 1. The van der Waals surface area contributed by atoms with Gasteiger partial charge >= 0.3 is 6.09 Å². The number of aryl methyl sites for hydroxylation is 2. The second-order valence-corrected chi connectivity index (χ2v) is 10.8. The summed E-state index contributed by atoms with van der Waals surface area (Å²) in [6.45, 7) is 4.04. The van der Waals surface area contributed by atoms with Gasteiger partial charge in [0.25, 0.3) is 0 Å². The normalized spacial score (nSPS) is 23.0. The highest BCUT2D eigenvalue weighted by atomic mass is 35.5. The Morgan fingerprint density at radius 3 is 2.65 bits per heavy atom. The first kappa shape index (κ1) is 23.2. The summed E-state index contributed by atoms with van der Waals surface area (Å²) in [5, 5.41) is 4.55. The number of anilines is 1. The Balaban J connectivity index is 1.46. The first-order valence-corrected chi connectivity index (χ1v) is 13.8. The lowest BCUT2D eigenvalue weighted by Gasteiger charge is -2.37. The third-order valence-electron chi connectivity index (χ3n) is 8.05. The predicted octanol–water partition coefficient (Wildman–Crippen LogP) is 7.19.